The number of carbonyl (C=O) groups excluding carboxylic acids is 4. The molecule has 12 atom stereocenters. The van der Waals surface area contributed by atoms with E-state index in [0.29, 0.717) is 18.3 Å². The number of fused-ring (bicyclic) bond motifs is 7. The van der Waals surface area contributed by atoms with Gasteiger partial charge in [0.25, 0.3) is 0 Å². The van der Waals surface area contributed by atoms with Crippen LogP contribution in [0.2, 0.25) is 0 Å². The van der Waals surface area contributed by atoms with Crippen LogP contribution in [0.1, 0.15) is 119 Å². The van der Waals surface area contributed by atoms with E-state index in [4.69, 9.17) is 14.2 Å². The summed E-state index contributed by atoms with van der Waals surface area (Å²) in [5.41, 5.74) is 0.253. The minimum Gasteiger partial charge on any atom is -0.467 e. The highest BCUT2D eigenvalue weighted by Crippen LogP contribution is 2.77. The Hall–Kier alpha value is -2.03. The molecule has 0 heterocycles. The van der Waals surface area contributed by atoms with Crippen molar-refractivity contribution in [3.8, 4) is 0 Å². The van der Waals surface area contributed by atoms with Crippen molar-refractivity contribution in [2.45, 2.75) is 131 Å². The lowest BCUT2D eigenvalue weighted by Gasteiger charge is -2.73. The number of hydrogen-bond acceptors (Lipinski definition) is 8. The average molecular weight is 702 g/mol. The lowest BCUT2D eigenvalue weighted by Crippen LogP contribution is -2.68. The van der Waals surface area contributed by atoms with Gasteiger partial charge in [-0.05, 0) is 135 Å². The molecule has 0 saturated heterocycles. The van der Waals surface area contributed by atoms with Gasteiger partial charge in [-0.15, -0.1) is 0 Å². The summed E-state index contributed by atoms with van der Waals surface area (Å²) in [4.78, 5) is 51.8. The lowest BCUT2D eigenvalue weighted by atomic mass is 9.32. The van der Waals surface area contributed by atoms with E-state index in [9.17, 15) is 19.2 Å². The molecule has 8 nitrogen and oxygen atoms in total. The summed E-state index contributed by atoms with van der Waals surface area (Å²) < 4.78 is 16.9. The van der Waals surface area contributed by atoms with Crippen LogP contribution >= 0.6 is 11.8 Å². The monoisotopic (exact) mass is 701 g/mol. The Morgan fingerprint density at radius 3 is 2.18 bits per heavy atom. The number of rotatable bonds is 10. The zero-order valence-electron chi connectivity index (χ0n) is 31.7. The molecular weight excluding hydrogens is 639 g/mol. The Balaban J connectivity index is 1.49. The summed E-state index contributed by atoms with van der Waals surface area (Å²) in [7, 11) is 1.40. The van der Waals surface area contributed by atoms with Crippen molar-refractivity contribution in [1.82, 2.24) is 5.32 Å². The Kier molecular flexibility index (Phi) is 10.8. The summed E-state index contributed by atoms with van der Waals surface area (Å²) >= 11 is 1.67. The fraction of sp³-hybridized carbons (Fsp3) is 0.850. The van der Waals surface area contributed by atoms with E-state index in [0.717, 1.165) is 70.0 Å². The molecule has 5 aliphatic carbocycles. The summed E-state index contributed by atoms with van der Waals surface area (Å²) in [5.74, 6) is 1.38. The largest absolute Gasteiger partial charge is 0.467 e. The standard InChI is InChI=1S/C40H63NO7S/c1-24(2)27-13-19-40(35(45)41-29(16-22-49-10)34(44)46-9)21-20-38(7)28(33(27)40)11-12-31-36(5)17-15-32(48-26(4)43)37(6,23-47-25(3)42)30(36)14-18-39(31,38)8/h27-33H,1,11-23H2,2-10H3,(H,41,45)/t27-,28+,29-,30+,31+,32-,33+,36-,37-,38+,39+,40-/m0/s1. The molecule has 0 aromatic rings. The summed E-state index contributed by atoms with van der Waals surface area (Å²) in [6.45, 7) is 19.6. The third-order valence-corrected chi connectivity index (χ3v) is 16.2. The average Bonchev–Trinajstić information content (AvgIpc) is 3.45. The lowest BCUT2D eigenvalue weighted by molar-refractivity contribution is -0.256. The van der Waals surface area contributed by atoms with Crippen LogP contribution in [0.5, 0.6) is 0 Å². The van der Waals surface area contributed by atoms with Crippen LogP contribution in [0.3, 0.4) is 0 Å². The van der Waals surface area contributed by atoms with Crippen LogP contribution in [0.15, 0.2) is 12.2 Å². The maximum Gasteiger partial charge on any atom is 0.328 e. The number of hydrogen-bond donors (Lipinski definition) is 1. The number of methoxy groups -OCH3 is 1. The maximum atomic E-state index is 14.6. The highest BCUT2D eigenvalue weighted by Gasteiger charge is 2.72. The number of thioether (sulfide) groups is 1. The fourth-order valence-electron chi connectivity index (χ4n) is 13.1. The molecule has 0 aromatic heterocycles. The highest BCUT2D eigenvalue weighted by atomic mass is 32.2. The van der Waals surface area contributed by atoms with Crippen LogP contribution < -0.4 is 5.32 Å². The number of carbonyl (C=O) groups is 4. The van der Waals surface area contributed by atoms with Crippen LogP contribution in [-0.2, 0) is 33.4 Å². The molecule has 0 bridgehead atoms. The molecular formula is C40H63NO7S. The van der Waals surface area contributed by atoms with Crippen molar-refractivity contribution < 1.29 is 33.4 Å². The number of nitrogens with one attached hydrogen (secondary N) is 1. The molecule has 9 heteroatoms. The quantitative estimate of drug-likeness (QED) is 0.142. The zero-order chi connectivity index (χ0) is 36.2. The molecule has 5 aliphatic rings. The molecule has 5 saturated carbocycles. The first-order valence-corrected chi connectivity index (χ1v) is 20.2. The smallest absolute Gasteiger partial charge is 0.328 e. The number of ether oxygens (including phenoxy) is 3. The van der Waals surface area contributed by atoms with Gasteiger partial charge in [-0.1, -0.05) is 39.8 Å². The minimum absolute atomic E-state index is 0.00705. The van der Waals surface area contributed by atoms with Crippen LogP contribution in [-0.4, -0.2) is 61.7 Å². The van der Waals surface area contributed by atoms with Gasteiger partial charge < -0.3 is 19.5 Å². The van der Waals surface area contributed by atoms with E-state index in [-0.39, 0.29) is 70.5 Å². The number of amides is 1. The van der Waals surface area contributed by atoms with Crippen LogP contribution in [0.4, 0.5) is 0 Å². The van der Waals surface area contributed by atoms with E-state index in [1.807, 2.05) is 6.26 Å². The molecule has 1 N–H and O–H groups in total. The van der Waals surface area contributed by atoms with Crippen molar-refractivity contribution >= 4 is 35.6 Å². The molecule has 49 heavy (non-hydrogen) atoms. The van der Waals surface area contributed by atoms with E-state index < -0.39 is 16.9 Å². The van der Waals surface area contributed by atoms with Gasteiger partial charge in [0.2, 0.25) is 5.91 Å². The normalized spacial score (nSPS) is 43.0. The molecule has 0 radical (unpaired) electrons. The first kappa shape index (κ1) is 38.2. The van der Waals surface area contributed by atoms with Crippen molar-refractivity contribution in [2.75, 3.05) is 25.7 Å². The Morgan fingerprint density at radius 2 is 1.57 bits per heavy atom. The minimum atomic E-state index is -0.635. The van der Waals surface area contributed by atoms with Crippen molar-refractivity contribution in [1.29, 1.82) is 0 Å². The van der Waals surface area contributed by atoms with Gasteiger partial charge in [0.05, 0.1) is 12.5 Å². The Bertz CT molecular complexity index is 1340. The maximum absolute atomic E-state index is 14.6. The van der Waals surface area contributed by atoms with Crippen molar-refractivity contribution in [3.05, 3.63) is 12.2 Å². The van der Waals surface area contributed by atoms with Crippen molar-refractivity contribution in [2.24, 2.45) is 56.7 Å². The van der Waals surface area contributed by atoms with E-state index >= 15 is 0 Å². The molecule has 5 fully saturated rings. The predicted octanol–water partition coefficient (Wildman–Crippen LogP) is 7.53. The van der Waals surface area contributed by atoms with Gasteiger partial charge in [-0.3, -0.25) is 14.4 Å². The number of allylic oxidation sites excluding steroid dienone is 1. The Labute approximate surface area is 299 Å². The molecule has 0 aliphatic heterocycles. The van der Waals surface area contributed by atoms with Gasteiger partial charge in [0.1, 0.15) is 18.8 Å². The zero-order valence-corrected chi connectivity index (χ0v) is 32.5. The van der Waals surface area contributed by atoms with Gasteiger partial charge in [0, 0.05) is 19.3 Å². The van der Waals surface area contributed by atoms with E-state index in [1.165, 1.54) is 26.5 Å². The molecule has 1 amide bonds. The Morgan fingerprint density at radius 1 is 0.857 bits per heavy atom. The molecule has 5 rings (SSSR count). The third kappa shape index (κ3) is 6.07. The van der Waals surface area contributed by atoms with Gasteiger partial charge in [0.15, 0.2) is 0 Å². The van der Waals surface area contributed by atoms with Crippen LogP contribution in [0.25, 0.3) is 0 Å². The third-order valence-electron chi connectivity index (χ3n) is 15.6. The molecule has 0 unspecified atom stereocenters. The first-order valence-electron chi connectivity index (χ1n) is 18.8. The second kappa shape index (κ2) is 13.8. The molecule has 0 aromatic carbocycles. The highest BCUT2D eigenvalue weighted by molar-refractivity contribution is 7.98. The van der Waals surface area contributed by atoms with Crippen LogP contribution in [0, 0.1) is 56.7 Å². The number of esters is 3. The van der Waals surface area contributed by atoms with E-state index in [2.05, 4.69) is 46.5 Å². The fourth-order valence-corrected chi connectivity index (χ4v) is 13.6. The second-order valence-corrected chi connectivity index (χ2v) is 18.6. The summed E-state index contributed by atoms with van der Waals surface area (Å²) in [5, 5.41) is 3.23. The summed E-state index contributed by atoms with van der Waals surface area (Å²) in [6.07, 6.45) is 11.8. The molecule has 0 spiro atoms. The van der Waals surface area contributed by atoms with E-state index in [1.54, 1.807) is 11.8 Å². The topological polar surface area (TPSA) is 108 Å². The predicted molar refractivity (Wildman–Crippen MR) is 192 cm³/mol. The second-order valence-electron chi connectivity index (χ2n) is 17.6. The van der Waals surface area contributed by atoms with Gasteiger partial charge in [-0.2, -0.15) is 11.8 Å². The summed E-state index contributed by atoms with van der Waals surface area (Å²) in [6, 6.07) is -0.635. The SMILES string of the molecule is C=C(C)[C@@H]1CC[C@]2(C(=O)N[C@@H](CCSC)C(=O)OC)CC[C@]3(C)[C@H](CC[C@@H]4[C@@]5(C)CC[C@H](OC(C)=O)[C@@](C)(COC(C)=O)[C@@H]5CC[C@]43C)[C@@H]12. The van der Waals surface area contributed by atoms with Gasteiger partial charge in [-0.25, -0.2) is 4.79 Å². The van der Waals surface area contributed by atoms with Crippen molar-refractivity contribution in [3.63, 3.8) is 0 Å². The van der Waals surface area contributed by atoms with Gasteiger partial charge >= 0.3 is 17.9 Å². The molecule has 276 valence electrons. The first-order chi connectivity index (χ1) is 22.9.